The van der Waals surface area contributed by atoms with Crippen molar-refractivity contribution in [2.75, 3.05) is 6.61 Å². The molecular weight excluding hydrogens is 468 g/mol. The first kappa shape index (κ1) is 34.3. The highest BCUT2D eigenvalue weighted by molar-refractivity contribution is 5.78. The molecule has 0 spiro atoms. The average molecular weight is 529 g/mol. The highest BCUT2D eigenvalue weighted by Gasteiger charge is 2.29. The van der Waals surface area contributed by atoms with Gasteiger partial charge in [-0.05, 0) is 66.5 Å². The predicted molar refractivity (Wildman–Crippen MR) is 164 cm³/mol. The molecule has 1 aromatic rings. The van der Waals surface area contributed by atoms with Crippen molar-refractivity contribution in [3.8, 4) is 5.75 Å². The topological polar surface area (TPSA) is 46.5 Å². The summed E-state index contributed by atoms with van der Waals surface area (Å²) in [5, 5.41) is 11.0. The summed E-state index contributed by atoms with van der Waals surface area (Å²) in [6.07, 6.45) is 22.5. The van der Waals surface area contributed by atoms with E-state index in [9.17, 15) is 9.90 Å². The van der Waals surface area contributed by atoms with E-state index in [4.69, 9.17) is 4.74 Å². The molecule has 0 saturated carbocycles. The van der Waals surface area contributed by atoms with Crippen LogP contribution in [-0.2, 0) is 20.4 Å². The summed E-state index contributed by atoms with van der Waals surface area (Å²) >= 11 is 0. The molecule has 0 aliphatic heterocycles. The monoisotopic (exact) mass is 528 g/mol. The van der Waals surface area contributed by atoms with Gasteiger partial charge in [0.25, 0.3) is 0 Å². The van der Waals surface area contributed by atoms with Crippen molar-refractivity contribution in [2.24, 2.45) is 0 Å². The van der Waals surface area contributed by atoms with Gasteiger partial charge in [0.2, 0.25) is 0 Å². The number of aromatic hydroxyl groups is 1. The summed E-state index contributed by atoms with van der Waals surface area (Å²) in [6, 6.07) is 3.97. The number of esters is 1. The average Bonchev–Trinajstić information content (AvgIpc) is 2.84. The molecular formula is C35H60O3. The van der Waals surface area contributed by atoms with Gasteiger partial charge in [-0.25, -0.2) is 0 Å². The molecule has 38 heavy (non-hydrogen) atoms. The van der Waals surface area contributed by atoms with E-state index in [0.29, 0.717) is 12.4 Å². The number of phenolic OH excluding ortho intramolecular Hbond substituents is 1. The number of ether oxygens (including phenoxy) is 1. The molecule has 0 saturated heterocycles. The molecule has 1 atom stereocenters. The Hall–Kier alpha value is -1.77. The molecule has 218 valence electrons. The molecule has 1 N–H and O–H groups in total. The van der Waals surface area contributed by atoms with Crippen LogP contribution in [0.5, 0.6) is 5.75 Å². The number of benzene rings is 1. The van der Waals surface area contributed by atoms with Crippen LogP contribution in [0.1, 0.15) is 168 Å². The quantitative estimate of drug-likeness (QED) is 0.117. The zero-order chi connectivity index (χ0) is 28.6. The molecule has 0 radical (unpaired) electrons. The first-order chi connectivity index (χ1) is 17.9. The van der Waals surface area contributed by atoms with Crippen molar-refractivity contribution in [2.45, 2.75) is 162 Å². The van der Waals surface area contributed by atoms with Gasteiger partial charge in [-0.2, -0.15) is 0 Å². The van der Waals surface area contributed by atoms with Gasteiger partial charge in [0.15, 0.2) is 0 Å². The standard InChI is InChI=1S/C35H60O3/c1-9-10-11-12-13-14-15-16-17-18-19-20-21-22-23-24-25-38-33(37)28(2)29-26-30(34(3,4)5)32(36)31(27-29)35(6,7)8/h16-17,26-28,36H,9-15,18-25H2,1-8H3/b17-16-. The maximum atomic E-state index is 12.8. The van der Waals surface area contributed by atoms with E-state index in [1.54, 1.807) is 0 Å². The van der Waals surface area contributed by atoms with Crippen molar-refractivity contribution in [1.29, 1.82) is 0 Å². The molecule has 1 unspecified atom stereocenters. The second-order valence-electron chi connectivity index (χ2n) is 13.3. The minimum atomic E-state index is -0.355. The maximum Gasteiger partial charge on any atom is 0.313 e. The fourth-order valence-corrected chi connectivity index (χ4v) is 4.83. The summed E-state index contributed by atoms with van der Waals surface area (Å²) in [6.45, 7) is 17.2. The Kier molecular flexibility index (Phi) is 16.0. The second-order valence-corrected chi connectivity index (χ2v) is 13.3. The normalized spacial score (nSPS) is 13.3. The second kappa shape index (κ2) is 17.7. The minimum absolute atomic E-state index is 0.178. The Morgan fingerprint density at radius 1 is 0.763 bits per heavy atom. The molecule has 0 aliphatic rings. The van der Waals surface area contributed by atoms with Crippen molar-refractivity contribution < 1.29 is 14.6 Å². The number of hydrogen-bond acceptors (Lipinski definition) is 3. The zero-order valence-corrected chi connectivity index (χ0v) is 26.3. The van der Waals surface area contributed by atoms with E-state index in [1.807, 2.05) is 19.1 Å². The smallest absolute Gasteiger partial charge is 0.313 e. The summed E-state index contributed by atoms with van der Waals surface area (Å²) in [5.74, 6) is -0.187. The number of phenols is 1. The SMILES string of the molecule is CCCCCCCC/C=C\CCCCCCCCOC(=O)C(C)c1cc(C(C)(C)C)c(O)c(C(C)(C)C)c1. The fraction of sp³-hybridized carbons (Fsp3) is 0.743. The lowest BCUT2D eigenvalue weighted by atomic mass is 9.77. The van der Waals surface area contributed by atoms with E-state index < -0.39 is 0 Å². The third-order valence-electron chi connectivity index (χ3n) is 7.50. The first-order valence-corrected chi connectivity index (χ1v) is 15.6. The Labute approximate surface area is 235 Å². The van der Waals surface area contributed by atoms with Gasteiger partial charge >= 0.3 is 5.97 Å². The third-order valence-corrected chi connectivity index (χ3v) is 7.50. The first-order valence-electron chi connectivity index (χ1n) is 15.6. The molecule has 0 aliphatic carbocycles. The van der Waals surface area contributed by atoms with Crippen molar-refractivity contribution in [1.82, 2.24) is 0 Å². The van der Waals surface area contributed by atoms with Gasteiger partial charge in [-0.15, -0.1) is 0 Å². The summed E-state index contributed by atoms with van der Waals surface area (Å²) < 4.78 is 5.65. The number of allylic oxidation sites excluding steroid dienone is 2. The van der Waals surface area contributed by atoms with Crippen LogP contribution in [0, 0.1) is 0 Å². The van der Waals surface area contributed by atoms with E-state index in [1.165, 1.54) is 77.0 Å². The van der Waals surface area contributed by atoms with Crippen LogP contribution in [0.15, 0.2) is 24.3 Å². The van der Waals surface area contributed by atoms with Gasteiger partial charge in [-0.3, -0.25) is 4.79 Å². The van der Waals surface area contributed by atoms with E-state index in [-0.39, 0.29) is 22.7 Å². The van der Waals surface area contributed by atoms with Gasteiger partial charge < -0.3 is 9.84 Å². The van der Waals surface area contributed by atoms with Crippen molar-refractivity contribution in [3.05, 3.63) is 41.0 Å². The lowest BCUT2D eigenvalue weighted by Gasteiger charge is -2.29. The van der Waals surface area contributed by atoms with Crippen LogP contribution in [0.3, 0.4) is 0 Å². The van der Waals surface area contributed by atoms with Crippen LogP contribution < -0.4 is 0 Å². The lowest BCUT2D eigenvalue weighted by molar-refractivity contribution is -0.145. The Morgan fingerprint density at radius 2 is 1.18 bits per heavy atom. The highest BCUT2D eigenvalue weighted by atomic mass is 16.5. The van der Waals surface area contributed by atoms with Crippen LogP contribution in [0.25, 0.3) is 0 Å². The summed E-state index contributed by atoms with van der Waals surface area (Å²) in [7, 11) is 0. The zero-order valence-electron chi connectivity index (χ0n) is 26.3. The Morgan fingerprint density at radius 3 is 1.63 bits per heavy atom. The predicted octanol–water partition coefficient (Wildman–Crippen LogP) is 10.7. The van der Waals surface area contributed by atoms with Gasteiger partial charge in [0.05, 0.1) is 12.5 Å². The van der Waals surface area contributed by atoms with Crippen LogP contribution in [0.4, 0.5) is 0 Å². The van der Waals surface area contributed by atoms with E-state index in [0.717, 1.165) is 29.5 Å². The van der Waals surface area contributed by atoms with Gasteiger partial charge in [0.1, 0.15) is 5.75 Å². The molecule has 0 fully saturated rings. The summed E-state index contributed by atoms with van der Waals surface area (Å²) in [5.41, 5.74) is 2.26. The largest absolute Gasteiger partial charge is 0.507 e. The number of hydrogen-bond donors (Lipinski definition) is 1. The molecule has 0 aromatic heterocycles. The molecule has 3 nitrogen and oxygen atoms in total. The van der Waals surface area contributed by atoms with E-state index in [2.05, 4.69) is 60.6 Å². The Bertz CT molecular complexity index is 788. The molecule has 3 heteroatoms. The van der Waals surface area contributed by atoms with Gasteiger partial charge in [0, 0.05) is 0 Å². The molecule has 1 rings (SSSR count). The van der Waals surface area contributed by atoms with Gasteiger partial charge in [-0.1, -0.05) is 131 Å². The number of carbonyl (C=O) groups is 1. The molecule has 0 bridgehead atoms. The maximum absolute atomic E-state index is 12.8. The van der Waals surface area contributed by atoms with Crippen molar-refractivity contribution in [3.63, 3.8) is 0 Å². The molecule has 0 heterocycles. The summed E-state index contributed by atoms with van der Waals surface area (Å²) in [4.78, 5) is 12.8. The fourth-order valence-electron chi connectivity index (χ4n) is 4.83. The van der Waals surface area contributed by atoms with Crippen LogP contribution in [-0.4, -0.2) is 17.7 Å². The minimum Gasteiger partial charge on any atom is -0.507 e. The number of unbranched alkanes of at least 4 members (excludes halogenated alkanes) is 12. The van der Waals surface area contributed by atoms with Crippen molar-refractivity contribution >= 4 is 5.97 Å². The molecule has 0 amide bonds. The van der Waals surface area contributed by atoms with Crippen LogP contribution in [0.2, 0.25) is 0 Å². The lowest BCUT2D eigenvalue weighted by Crippen LogP contribution is -2.20. The number of carbonyl (C=O) groups excluding carboxylic acids is 1. The highest BCUT2D eigenvalue weighted by Crippen LogP contribution is 2.41. The van der Waals surface area contributed by atoms with Crippen LogP contribution >= 0.6 is 0 Å². The Balaban J connectivity index is 2.29. The number of rotatable bonds is 18. The van der Waals surface area contributed by atoms with E-state index >= 15 is 0 Å². The molecule has 1 aromatic carbocycles. The third kappa shape index (κ3) is 13.3.